The summed E-state index contributed by atoms with van der Waals surface area (Å²) in [5, 5.41) is 10.5. The lowest BCUT2D eigenvalue weighted by Gasteiger charge is -2.14. The molecule has 0 fully saturated rings. The molecule has 2 heteroatoms. The third kappa shape index (κ3) is 1.83. The summed E-state index contributed by atoms with van der Waals surface area (Å²) in [4.78, 5) is 11.2. The summed E-state index contributed by atoms with van der Waals surface area (Å²) in [6, 6.07) is 19.3. The maximum absolute atomic E-state index is 11.2. The highest BCUT2D eigenvalue weighted by Crippen LogP contribution is 2.35. The Morgan fingerprint density at radius 3 is 2.19 bits per heavy atom. The number of hydrogen-bond acceptors (Lipinski definition) is 1. The molecule has 0 heterocycles. The third-order valence-electron chi connectivity index (χ3n) is 4.15. The van der Waals surface area contributed by atoms with Gasteiger partial charge in [0, 0.05) is 13.5 Å². The molecule has 21 heavy (non-hydrogen) atoms. The first-order valence-corrected chi connectivity index (χ1v) is 7.14. The molecular weight excluding hydrogens is 258 g/mol. The molecule has 0 aliphatic rings. The first-order chi connectivity index (χ1) is 10.2. The molecule has 1 N–H and O–H groups in total. The van der Waals surface area contributed by atoms with Crippen molar-refractivity contribution in [2.75, 3.05) is 0 Å². The predicted octanol–water partition coefficient (Wildman–Crippen LogP) is 4.22. The van der Waals surface area contributed by atoms with Gasteiger partial charge in [0.1, 0.15) is 0 Å². The summed E-state index contributed by atoms with van der Waals surface area (Å²) in [7, 11) is 0. The van der Waals surface area contributed by atoms with Crippen LogP contribution in [0.5, 0.6) is 0 Å². The van der Waals surface area contributed by atoms with Gasteiger partial charge in [0.05, 0.1) is 0 Å². The van der Waals surface area contributed by atoms with E-state index in [1.165, 1.54) is 32.3 Å². The molecule has 102 valence electrons. The van der Waals surface area contributed by atoms with Crippen LogP contribution in [0, 0.1) is 0 Å². The molecule has 1 amide bonds. The Morgan fingerprint density at radius 1 is 0.857 bits per heavy atom. The average Bonchev–Trinajstić information content (AvgIpc) is 2.51. The molecule has 2 nitrogen and oxygen atoms in total. The van der Waals surface area contributed by atoms with Crippen LogP contribution >= 0.6 is 0 Å². The van der Waals surface area contributed by atoms with Crippen LogP contribution in [-0.2, 0) is 11.3 Å². The lowest BCUT2D eigenvalue weighted by Crippen LogP contribution is -2.19. The molecule has 0 aliphatic heterocycles. The zero-order valence-electron chi connectivity index (χ0n) is 11.8. The highest BCUT2D eigenvalue weighted by atomic mass is 16.1. The van der Waals surface area contributed by atoms with E-state index in [1.807, 2.05) is 0 Å². The largest absolute Gasteiger partial charge is 0.352 e. The van der Waals surface area contributed by atoms with E-state index in [9.17, 15) is 4.79 Å². The zero-order valence-corrected chi connectivity index (χ0v) is 11.8. The van der Waals surface area contributed by atoms with E-state index in [1.54, 1.807) is 6.92 Å². The lowest BCUT2D eigenvalue weighted by molar-refractivity contribution is -0.119. The van der Waals surface area contributed by atoms with Gasteiger partial charge in [-0.15, -0.1) is 0 Å². The van der Waals surface area contributed by atoms with Gasteiger partial charge in [0.25, 0.3) is 0 Å². The maximum Gasteiger partial charge on any atom is 0.217 e. The number of carbonyl (C=O) groups is 1. The second kappa shape index (κ2) is 4.45. The summed E-state index contributed by atoms with van der Waals surface area (Å²) in [6.45, 7) is 2.12. The van der Waals surface area contributed by atoms with E-state index in [0.29, 0.717) is 6.54 Å². The highest BCUT2D eigenvalue weighted by Gasteiger charge is 2.10. The molecule has 0 saturated carbocycles. The Morgan fingerprint density at radius 2 is 1.48 bits per heavy atom. The fourth-order valence-corrected chi connectivity index (χ4v) is 3.17. The molecule has 4 aromatic carbocycles. The fraction of sp³-hybridized carbons (Fsp3) is 0.105. The molecule has 0 radical (unpaired) electrons. The van der Waals surface area contributed by atoms with Crippen molar-refractivity contribution in [2.45, 2.75) is 13.5 Å². The van der Waals surface area contributed by atoms with Crippen LogP contribution in [0.15, 0.2) is 54.6 Å². The Balaban J connectivity index is 2.08. The van der Waals surface area contributed by atoms with Gasteiger partial charge in [-0.3, -0.25) is 4.79 Å². The van der Waals surface area contributed by atoms with Crippen molar-refractivity contribution >= 4 is 38.2 Å². The number of carbonyl (C=O) groups excluding carboxylic acids is 1. The van der Waals surface area contributed by atoms with Crippen LogP contribution in [0.25, 0.3) is 32.3 Å². The van der Waals surface area contributed by atoms with Gasteiger partial charge in [0.2, 0.25) is 5.91 Å². The minimum absolute atomic E-state index is 0.000643. The van der Waals surface area contributed by atoms with Crippen molar-refractivity contribution in [2.24, 2.45) is 0 Å². The topological polar surface area (TPSA) is 29.1 Å². The Bertz CT molecular complexity index is 955. The summed E-state index contributed by atoms with van der Waals surface area (Å²) in [5.74, 6) is 0.000643. The van der Waals surface area contributed by atoms with Crippen LogP contribution in [-0.4, -0.2) is 5.91 Å². The van der Waals surface area contributed by atoms with Gasteiger partial charge < -0.3 is 5.32 Å². The van der Waals surface area contributed by atoms with Crippen molar-refractivity contribution in [3.63, 3.8) is 0 Å². The number of benzene rings is 4. The van der Waals surface area contributed by atoms with Gasteiger partial charge in [0.15, 0.2) is 0 Å². The number of hydrogen-bond donors (Lipinski definition) is 1. The van der Waals surface area contributed by atoms with Crippen molar-refractivity contribution in [1.29, 1.82) is 0 Å². The molecule has 0 atom stereocenters. The summed E-state index contributed by atoms with van der Waals surface area (Å²) in [5.41, 5.74) is 1.16. The van der Waals surface area contributed by atoms with Gasteiger partial charge in [-0.2, -0.15) is 0 Å². The smallest absolute Gasteiger partial charge is 0.217 e. The Hall–Kier alpha value is -2.61. The SMILES string of the molecule is CC(=O)NCc1ccc2ccc3cccc4ccc1c2c34. The van der Waals surface area contributed by atoms with E-state index in [4.69, 9.17) is 0 Å². The third-order valence-corrected chi connectivity index (χ3v) is 4.15. The van der Waals surface area contributed by atoms with E-state index in [0.717, 1.165) is 5.56 Å². The Kier molecular flexibility index (Phi) is 2.58. The van der Waals surface area contributed by atoms with Gasteiger partial charge in [-0.25, -0.2) is 0 Å². The summed E-state index contributed by atoms with van der Waals surface area (Å²) in [6.07, 6.45) is 0. The molecule has 4 aromatic rings. The minimum atomic E-state index is 0.000643. The first-order valence-electron chi connectivity index (χ1n) is 7.14. The quantitative estimate of drug-likeness (QED) is 0.544. The van der Waals surface area contributed by atoms with Gasteiger partial charge in [-0.05, 0) is 37.9 Å². The first kappa shape index (κ1) is 12.2. The standard InChI is InChI=1S/C19H15NO/c1-12(21)20-11-16-8-7-15-6-5-13-3-2-4-14-9-10-17(16)19(15)18(13)14/h2-10H,11H2,1H3,(H,20,21). The monoisotopic (exact) mass is 273 g/mol. The van der Waals surface area contributed by atoms with Gasteiger partial charge >= 0.3 is 0 Å². The molecule has 0 bridgehead atoms. The zero-order chi connectivity index (χ0) is 14.4. The molecule has 0 aliphatic carbocycles. The maximum atomic E-state index is 11.2. The van der Waals surface area contributed by atoms with Crippen LogP contribution < -0.4 is 5.32 Å². The summed E-state index contributed by atoms with van der Waals surface area (Å²) >= 11 is 0. The second-order valence-electron chi connectivity index (χ2n) is 5.49. The predicted molar refractivity (Wildman–Crippen MR) is 87.7 cm³/mol. The minimum Gasteiger partial charge on any atom is -0.352 e. The van der Waals surface area contributed by atoms with Crippen LogP contribution in [0.3, 0.4) is 0 Å². The van der Waals surface area contributed by atoms with Crippen molar-refractivity contribution in [3.8, 4) is 0 Å². The van der Waals surface area contributed by atoms with Crippen LogP contribution in [0.1, 0.15) is 12.5 Å². The lowest BCUT2D eigenvalue weighted by atomic mass is 9.92. The highest BCUT2D eigenvalue weighted by molar-refractivity contribution is 6.23. The van der Waals surface area contributed by atoms with Crippen molar-refractivity contribution < 1.29 is 4.79 Å². The van der Waals surface area contributed by atoms with Crippen LogP contribution in [0.2, 0.25) is 0 Å². The number of nitrogens with one attached hydrogen (secondary N) is 1. The number of rotatable bonds is 2. The molecule has 0 unspecified atom stereocenters. The van der Waals surface area contributed by atoms with Crippen LogP contribution in [0.4, 0.5) is 0 Å². The van der Waals surface area contributed by atoms with E-state index >= 15 is 0 Å². The second-order valence-corrected chi connectivity index (χ2v) is 5.49. The van der Waals surface area contributed by atoms with Crippen molar-refractivity contribution in [3.05, 3.63) is 60.2 Å². The molecule has 0 spiro atoms. The Labute approximate surface area is 122 Å². The average molecular weight is 273 g/mol. The van der Waals surface area contributed by atoms with Crippen molar-refractivity contribution in [1.82, 2.24) is 5.32 Å². The van der Waals surface area contributed by atoms with Gasteiger partial charge in [-0.1, -0.05) is 54.6 Å². The number of amides is 1. The molecule has 0 saturated heterocycles. The fourth-order valence-electron chi connectivity index (χ4n) is 3.17. The molecule has 0 aromatic heterocycles. The summed E-state index contributed by atoms with van der Waals surface area (Å²) < 4.78 is 0. The van der Waals surface area contributed by atoms with E-state index in [2.05, 4.69) is 59.9 Å². The molecule has 4 rings (SSSR count). The van der Waals surface area contributed by atoms with E-state index in [-0.39, 0.29) is 5.91 Å². The van der Waals surface area contributed by atoms with E-state index < -0.39 is 0 Å². The molecular formula is C19H15NO. The normalized spacial score (nSPS) is 11.5.